The summed E-state index contributed by atoms with van der Waals surface area (Å²) in [4.78, 5) is 37.6. The number of nitrogens with one attached hydrogen (secondary N) is 3. The number of esters is 1. The average Bonchev–Trinajstić information content (AvgIpc) is 3.09. The minimum atomic E-state index is -0.786. The zero-order chi connectivity index (χ0) is 34.9. The SMILES string of the molecule is CCOC(=O)C1=C(C)NC(=O)N[C@H]1c1ccc(OCC(=O)N/N=C/c2cc(Br)cc(OC)c2OCc2cccc3ccccc23)c(OC)c1. The largest absolute Gasteiger partial charge is 0.493 e. The molecule has 4 aromatic rings. The van der Waals surface area contributed by atoms with Gasteiger partial charge in [0.05, 0.1) is 38.7 Å². The number of hydrogen-bond acceptors (Lipinski definition) is 9. The molecule has 3 N–H and O–H groups in total. The molecule has 49 heavy (non-hydrogen) atoms. The summed E-state index contributed by atoms with van der Waals surface area (Å²) in [5.41, 5.74) is 5.24. The number of benzene rings is 4. The first-order chi connectivity index (χ1) is 23.7. The number of nitrogens with zero attached hydrogens (tertiary/aromatic N) is 1. The van der Waals surface area contributed by atoms with E-state index in [1.165, 1.54) is 13.3 Å². The van der Waals surface area contributed by atoms with E-state index in [1.807, 2.05) is 42.5 Å². The van der Waals surface area contributed by atoms with Gasteiger partial charge < -0.3 is 34.3 Å². The molecule has 13 heteroatoms. The first kappa shape index (κ1) is 34.8. The molecular weight excluding hydrogens is 696 g/mol. The van der Waals surface area contributed by atoms with Crippen molar-refractivity contribution in [2.24, 2.45) is 5.10 Å². The van der Waals surface area contributed by atoms with Crippen LogP contribution in [0.3, 0.4) is 0 Å². The van der Waals surface area contributed by atoms with E-state index < -0.39 is 23.9 Å². The summed E-state index contributed by atoms with van der Waals surface area (Å²) in [5.74, 6) is 0.417. The Morgan fingerprint density at radius 2 is 1.73 bits per heavy atom. The number of halogens is 1. The summed E-state index contributed by atoms with van der Waals surface area (Å²) in [6.07, 6.45) is 1.46. The quantitative estimate of drug-likeness (QED) is 0.0874. The predicted molar refractivity (Wildman–Crippen MR) is 187 cm³/mol. The molecule has 0 saturated heterocycles. The third-order valence-electron chi connectivity index (χ3n) is 7.56. The number of hydrogen-bond donors (Lipinski definition) is 3. The van der Waals surface area contributed by atoms with Gasteiger partial charge in [0.2, 0.25) is 0 Å². The molecule has 254 valence electrons. The lowest BCUT2D eigenvalue weighted by Gasteiger charge is -2.28. The van der Waals surface area contributed by atoms with Crippen molar-refractivity contribution in [2.45, 2.75) is 26.5 Å². The summed E-state index contributed by atoms with van der Waals surface area (Å²) in [5, 5.41) is 11.7. The highest BCUT2D eigenvalue weighted by Gasteiger charge is 2.32. The maximum Gasteiger partial charge on any atom is 0.338 e. The van der Waals surface area contributed by atoms with E-state index >= 15 is 0 Å². The molecule has 4 aromatic carbocycles. The van der Waals surface area contributed by atoms with Crippen LogP contribution in [-0.2, 0) is 20.9 Å². The van der Waals surface area contributed by atoms with E-state index in [-0.39, 0.29) is 36.9 Å². The van der Waals surface area contributed by atoms with E-state index in [1.54, 1.807) is 51.3 Å². The minimum Gasteiger partial charge on any atom is -0.493 e. The van der Waals surface area contributed by atoms with Crippen molar-refractivity contribution >= 4 is 50.8 Å². The zero-order valence-electron chi connectivity index (χ0n) is 27.3. The van der Waals surface area contributed by atoms with Gasteiger partial charge in [-0.3, -0.25) is 4.79 Å². The van der Waals surface area contributed by atoms with Crippen molar-refractivity contribution in [3.05, 3.63) is 105 Å². The first-order valence-corrected chi connectivity index (χ1v) is 16.1. The normalized spacial score (nSPS) is 14.2. The van der Waals surface area contributed by atoms with Crippen LogP contribution in [0.15, 0.2) is 93.6 Å². The van der Waals surface area contributed by atoms with Gasteiger partial charge in [-0.05, 0) is 60.0 Å². The molecule has 0 unspecified atom stereocenters. The maximum atomic E-state index is 12.7. The molecule has 0 radical (unpaired) electrons. The molecule has 1 heterocycles. The third-order valence-corrected chi connectivity index (χ3v) is 8.02. The van der Waals surface area contributed by atoms with E-state index in [0.29, 0.717) is 28.3 Å². The van der Waals surface area contributed by atoms with E-state index in [2.05, 4.69) is 37.1 Å². The van der Waals surface area contributed by atoms with Crippen LogP contribution in [0.5, 0.6) is 23.0 Å². The number of carbonyl (C=O) groups is 3. The highest BCUT2D eigenvalue weighted by molar-refractivity contribution is 9.10. The molecule has 1 atom stereocenters. The fraction of sp³-hybridized carbons (Fsp3) is 0.222. The summed E-state index contributed by atoms with van der Waals surface area (Å²) in [6.45, 7) is 3.41. The number of urea groups is 1. The van der Waals surface area contributed by atoms with Gasteiger partial charge >= 0.3 is 12.0 Å². The minimum absolute atomic E-state index is 0.177. The van der Waals surface area contributed by atoms with Gasteiger partial charge in [-0.2, -0.15) is 5.10 Å². The van der Waals surface area contributed by atoms with Crippen molar-refractivity contribution in [3.8, 4) is 23.0 Å². The van der Waals surface area contributed by atoms with Crippen LogP contribution in [0.1, 0.15) is 36.6 Å². The number of ether oxygens (including phenoxy) is 5. The summed E-state index contributed by atoms with van der Waals surface area (Å²) >= 11 is 3.49. The highest BCUT2D eigenvalue weighted by Crippen LogP contribution is 2.36. The van der Waals surface area contributed by atoms with Crippen LogP contribution in [-0.4, -0.2) is 51.6 Å². The van der Waals surface area contributed by atoms with Gasteiger partial charge in [0.15, 0.2) is 29.6 Å². The zero-order valence-corrected chi connectivity index (χ0v) is 28.9. The molecule has 0 fully saturated rings. The van der Waals surface area contributed by atoms with Gasteiger partial charge in [-0.1, -0.05) is 64.5 Å². The monoisotopic (exact) mass is 730 g/mol. The number of hydrazone groups is 1. The second-order valence-corrected chi connectivity index (χ2v) is 11.7. The second kappa shape index (κ2) is 16.0. The standard InChI is InChI=1S/C36H35BrN4O8/c1-5-47-35(43)32-21(2)39-36(44)40-33(32)23-13-14-28(29(16-23)45-3)48-20-31(42)41-38-18-25-15-26(37)17-30(46-4)34(25)49-19-24-11-8-10-22-9-6-7-12-27(22)24/h6-18,33H,5,19-20H2,1-4H3,(H,41,42)(H2,39,40,44)/b38-18+/t33-/m0/s1. The molecule has 3 amide bonds. The number of fused-ring (bicyclic) bond motifs is 1. The average molecular weight is 732 g/mol. The lowest BCUT2D eigenvalue weighted by Crippen LogP contribution is -2.45. The molecule has 5 rings (SSSR count). The van der Waals surface area contributed by atoms with Gasteiger partial charge in [0, 0.05) is 15.7 Å². The van der Waals surface area contributed by atoms with Crippen molar-refractivity contribution < 1.29 is 38.1 Å². The van der Waals surface area contributed by atoms with E-state index in [0.717, 1.165) is 20.8 Å². The lowest BCUT2D eigenvalue weighted by molar-refractivity contribution is -0.139. The smallest absolute Gasteiger partial charge is 0.338 e. The van der Waals surface area contributed by atoms with Crippen LogP contribution in [0.25, 0.3) is 10.8 Å². The van der Waals surface area contributed by atoms with Crippen LogP contribution < -0.4 is 35.0 Å². The van der Waals surface area contributed by atoms with Crippen LogP contribution in [0.2, 0.25) is 0 Å². The fourth-order valence-electron chi connectivity index (χ4n) is 5.31. The fourth-order valence-corrected chi connectivity index (χ4v) is 5.77. The summed E-state index contributed by atoms with van der Waals surface area (Å²) in [6, 6.07) is 21.3. The van der Waals surface area contributed by atoms with Crippen molar-refractivity contribution in [1.82, 2.24) is 16.1 Å². The lowest BCUT2D eigenvalue weighted by atomic mass is 9.95. The highest BCUT2D eigenvalue weighted by atomic mass is 79.9. The summed E-state index contributed by atoms with van der Waals surface area (Å²) in [7, 11) is 2.99. The maximum absolute atomic E-state index is 12.7. The molecule has 12 nitrogen and oxygen atoms in total. The van der Waals surface area contributed by atoms with Crippen LogP contribution >= 0.6 is 15.9 Å². The topological polar surface area (TPSA) is 146 Å². The number of methoxy groups -OCH3 is 2. The first-order valence-electron chi connectivity index (χ1n) is 15.3. The molecule has 0 spiro atoms. The Morgan fingerprint density at radius 3 is 2.51 bits per heavy atom. The van der Waals surface area contributed by atoms with Crippen LogP contribution in [0, 0.1) is 0 Å². The van der Waals surface area contributed by atoms with Gasteiger partial charge in [-0.25, -0.2) is 15.0 Å². The van der Waals surface area contributed by atoms with Gasteiger partial charge in [0.1, 0.15) is 6.61 Å². The number of carbonyl (C=O) groups excluding carboxylic acids is 3. The molecule has 0 aliphatic carbocycles. The Labute approximate surface area is 291 Å². The molecule has 1 aliphatic heterocycles. The Bertz CT molecular complexity index is 1940. The molecular formula is C36H35BrN4O8. The Kier molecular flexibility index (Phi) is 11.4. The molecule has 0 saturated carbocycles. The number of amides is 3. The predicted octanol–water partition coefficient (Wildman–Crippen LogP) is 5.92. The Balaban J connectivity index is 1.26. The Morgan fingerprint density at radius 1 is 0.959 bits per heavy atom. The third kappa shape index (κ3) is 8.30. The van der Waals surface area contributed by atoms with Crippen molar-refractivity contribution in [2.75, 3.05) is 27.4 Å². The van der Waals surface area contributed by atoms with Crippen LogP contribution in [0.4, 0.5) is 4.79 Å². The molecule has 0 bridgehead atoms. The molecule has 0 aromatic heterocycles. The molecule has 1 aliphatic rings. The van der Waals surface area contributed by atoms with Crippen molar-refractivity contribution in [1.29, 1.82) is 0 Å². The second-order valence-electron chi connectivity index (χ2n) is 10.7. The number of allylic oxidation sites excluding steroid dienone is 1. The van der Waals surface area contributed by atoms with E-state index in [9.17, 15) is 14.4 Å². The Hall–Kier alpha value is -5.56. The van der Waals surface area contributed by atoms with Gasteiger partial charge in [0.25, 0.3) is 5.91 Å². The van der Waals surface area contributed by atoms with Gasteiger partial charge in [-0.15, -0.1) is 0 Å². The van der Waals surface area contributed by atoms with Crippen molar-refractivity contribution in [3.63, 3.8) is 0 Å². The summed E-state index contributed by atoms with van der Waals surface area (Å²) < 4.78 is 29.0. The van der Waals surface area contributed by atoms with E-state index in [4.69, 9.17) is 23.7 Å². The number of rotatable bonds is 13.